The molecule has 3 amide bonds. The molecular formula is C38H31F12N9O9. The topological polar surface area (TPSA) is 232 Å². The fraction of sp³-hybridized carbons (Fsp3) is 0.289. The number of unbranched alkanes of at least 4 members (excludes halogenated alkanes) is 1. The van der Waals surface area contributed by atoms with Gasteiger partial charge in [0.2, 0.25) is 11.8 Å². The van der Waals surface area contributed by atoms with E-state index in [1.165, 1.54) is 24.3 Å². The van der Waals surface area contributed by atoms with E-state index in [0.717, 1.165) is 61.4 Å². The lowest BCUT2D eigenvalue weighted by Crippen LogP contribution is -2.17. The van der Waals surface area contributed by atoms with Crippen molar-refractivity contribution in [2.45, 2.75) is 71.2 Å². The van der Waals surface area contributed by atoms with Crippen LogP contribution in [-0.2, 0) is 12.6 Å². The van der Waals surface area contributed by atoms with Crippen molar-refractivity contribution in [2.24, 2.45) is 0 Å². The van der Waals surface area contributed by atoms with Crippen LogP contribution >= 0.6 is 0 Å². The molecule has 0 aliphatic rings. The third kappa shape index (κ3) is 18.1. The molecule has 0 spiro atoms. The molecular weight excluding hydrogens is 954 g/mol. The first-order valence-electron chi connectivity index (χ1n) is 18.7. The number of halogens is 12. The van der Waals surface area contributed by atoms with Gasteiger partial charge in [-0.15, -0.1) is 54.8 Å². The van der Waals surface area contributed by atoms with Crippen LogP contribution in [0.1, 0.15) is 88.3 Å². The lowest BCUT2D eigenvalue weighted by atomic mass is 10.2. The molecule has 30 heteroatoms. The second kappa shape index (κ2) is 22.5. The monoisotopic (exact) mass is 985 g/mol. The first kappa shape index (κ1) is 52.7. The number of carbonyl (C=O) groups excluding carboxylic acids is 3. The molecule has 3 aromatic carbocycles. The van der Waals surface area contributed by atoms with Gasteiger partial charge in [0.05, 0.1) is 0 Å². The molecule has 3 heterocycles. The van der Waals surface area contributed by atoms with E-state index in [2.05, 4.69) is 59.9 Å². The highest BCUT2D eigenvalue weighted by Crippen LogP contribution is 2.30. The number of anilines is 3. The molecule has 0 atom stereocenters. The van der Waals surface area contributed by atoms with Crippen LogP contribution in [0, 0.1) is 0 Å². The molecule has 0 unspecified atom stereocenters. The van der Waals surface area contributed by atoms with Gasteiger partial charge in [0.15, 0.2) is 0 Å². The minimum Gasteiger partial charge on any atom is -0.408 e. The molecule has 0 aliphatic carbocycles. The Balaban J connectivity index is 0.000000222. The Morgan fingerprint density at radius 1 is 0.515 bits per heavy atom. The Labute approximate surface area is 372 Å². The molecule has 3 N–H and O–H groups in total. The molecule has 0 bridgehead atoms. The number of amides is 3. The standard InChI is InChI=1S/C14H14F3N3O3.C13H12F3N3O3.C11H5F6N3O3/c1-2-3-4-11-19-20-13(22-11)18-12(21)9-5-7-10(8-6-9)23-14(15,16)17;1-7(2)11-18-19-12(21-11)17-10(20)8-3-5-9(6-4-8)22-13(14,15)16;12-10(13,14)8-19-20-9(22-8)18-7(21)5-1-3-6(4-2-5)23-11(15,16)17/h5-8H,2-4H2,1H3,(H,18,20,21);3-7H,1-2H3,(H,17,19,20);1-4H,(H,18,20,21). The zero-order chi connectivity index (χ0) is 50.5. The summed E-state index contributed by atoms with van der Waals surface area (Å²) in [5.41, 5.74) is 0.0953. The maximum absolute atomic E-state index is 12.2. The number of hydrogen-bond acceptors (Lipinski definition) is 15. The lowest BCUT2D eigenvalue weighted by molar-refractivity contribution is -0.275. The molecule has 0 saturated carbocycles. The summed E-state index contributed by atoms with van der Waals surface area (Å²) >= 11 is 0. The molecule has 68 heavy (non-hydrogen) atoms. The van der Waals surface area contributed by atoms with Gasteiger partial charge in [0, 0.05) is 29.0 Å². The molecule has 0 fully saturated rings. The van der Waals surface area contributed by atoms with E-state index in [4.69, 9.17) is 8.83 Å². The summed E-state index contributed by atoms with van der Waals surface area (Å²) < 4.78 is 170. The number of nitrogens with one attached hydrogen (secondary N) is 3. The van der Waals surface area contributed by atoms with Gasteiger partial charge in [0.25, 0.3) is 17.7 Å². The second-order valence-electron chi connectivity index (χ2n) is 13.2. The third-order valence-corrected chi connectivity index (χ3v) is 7.52. The van der Waals surface area contributed by atoms with Crippen molar-refractivity contribution in [1.29, 1.82) is 0 Å². The lowest BCUT2D eigenvalue weighted by Gasteiger charge is -2.08. The van der Waals surface area contributed by atoms with E-state index in [-0.39, 0.29) is 34.6 Å². The highest BCUT2D eigenvalue weighted by molar-refractivity contribution is 6.04. The van der Waals surface area contributed by atoms with Gasteiger partial charge < -0.3 is 27.5 Å². The van der Waals surface area contributed by atoms with E-state index in [9.17, 15) is 67.1 Å². The minimum absolute atomic E-state index is 0.0111. The summed E-state index contributed by atoms with van der Waals surface area (Å²) in [6, 6.07) is 11.7. The SMILES string of the molecule is CC(C)c1nnc(NC(=O)c2ccc(OC(F)(F)F)cc2)o1.CCCCc1nnc(NC(=O)c2ccc(OC(F)(F)F)cc2)o1.O=C(Nc1nnc(C(F)(F)F)o1)c1ccc(OC(F)(F)F)cc1. The van der Waals surface area contributed by atoms with Crippen molar-refractivity contribution in [3.05, 3.63) is 107 Å². The Morgan fingerprint density at radius 3 is 1.19 bits per heavy atom. The van der Waals surface area contributed by atoms with Crippen LogP contribution < -0.4 is 30.2 Å². The minimum atomic E-state index is -4.89. The highest BCUT2D eigenvalue weighted by atomic mass is 19.4. The summed E-state index contributed by atoms with van der Waals surface area (Å²) in [6.45, 7) is 5.71. The average Bonchev–Trinajstić information content (AvgIpc) is 4.02. The molecule has 18 nitrogen and oxygen atoms in total. The normalized spacial score (nSPS) is 11.6. The smallest absolute Gasteiger partial charge is 0.408 e. The van der Waals surface area contributed by atoms with Crippen LogP contribution in [0.3, 0.4) is 0 Å². The van der Waals surface area contributed by atoms with E-state index in [1.54, 1.807) is 0 Å². The van der Waals surface area contributed by atoms with Crippen molar-refractivity contribution in [3.8, 4) is 17.2 Å². The molecule has 6 rings (SSSR count). The maximum atomic E-state index is 12.2. The number of alkyl halides is 12. The summed E-state index contributed by atoms with van der Waals surface area (Å²) in [4.78, 5) is 35.5. The Hall–Kier alpha value is -7.95. The van der Waals surface area contributed by atoms with Crippen LogP contribution in [0.5, 0.6) is 17.2 Å². The summed E-state index contributed by atoms with van der Waals surface area (Å²) in [6.07, 6.45) is -16.8. The number of ether oxygens (including phenoxy) is 3. The van der Waals surface area contributed by atoms with Gasteiger partial charge in [-0.2, -0.15) is 13.2 Å². The van der Waals surface area contributed by atoms with Crippen molar-refractivity contribution in [3.63, 3.8) is 0 Å². The second-order valence-corrected chi connectivity index (χ2v) is 13.2. The van der Waals surface area contributed by atoms with E-state index in [1.807, 2.05) is 26.1 Å². The summed E-state index contributed by atoms with van der Waals surface area (Å²) in [5, 5.41) is 27.1. The summed E-state index contributed by atoms with van der Waals surface area (Å²) in [7, 11) is 0. The first-order chi connectivity index (χ1) is 31.7. The molecule has 366 valence electrons. The van der Waals surface area contributed by atoms with Gasteiger partial charge in [-0.1, -0.05) is 42.5 Å². The average molecular weight is 986 g/mol. The van der Waals surface area contributed by atoms with Crippen molar-refractivity contribution in [1.82, 2.24) is 30.6 Å². The zero-order valence-electron chi connectivity index (χ0n) is 34.5. The van der Waals surface area contributed by atoms with Crippen molar-refractivity contribution < 1.29 is 94.5 Å². The Morgan fingerprint density at radius 2 is 0.868 bits per heavy atom. The van der Waals surface area contributed by atoms with Crippen molar-refractivity contribution in [2.75, 3.05) is 16.0 Å². The van der Waals surface area contributed by atoms with Gasteiger partial charge in [-0.05, 0) is 79.2 Å². The fourth-order valence-corrected chi connectivity index (χ4v) is 4.57. The molecule has 0 aliphatic heterocycles. The molecule has 6 aromatic rings. The van der Waals surface area contributed by atoms with E-state index >= 15 is 0 Å². The zero-order valence-corrected chi connectivity index (χ0v) is 34.5. The number of aromatic nitrogens is 6. The number of hydrogen-bond donors (Lipinski definition) is 3. The fourth-order valence-electron chi connectivity index (χ4n) is 4.57. The van der Waals surface area contributed by atoms with Crippen molar-refractivity contribution >= 4 is 35.8 Å². The van der Waals surface area contributed by atoms with Crippen LogP contribution in [0.4, 0.5) is 70.7 Å². The number of carbonyl (C=O) groups is 3. The van der Waals surface area contributed by atoms with E-state index < -0.39 is 72.1 Å². The first-order valence-corrected chi connectivity index (χ1v) is 18.7. The van der Waals surface area contributed by atoms with Gasteiger partial charge in [0.1, 0.15) is 17.2 Å². The number of aryl methyl sites for hydroxylation is 1. The predicted molar refractivity (Wildman–Crippen MR) is 204 cm³/mol. The van der Waals surface area contributed by atoms with Gasteiger partial charge in [-0.25, -0.2) is 0 Å². The quantitative estimate of drug-likeness (QED) is 0.0914. The van der Waals surface area contributed by atoms with Crippen LogP contribution in [0.15, 0.2) is 86.0 Å². The number of nitrogens with zero attached hydrogens (tertiary/aromatic N) is 6. The van der Waals surface area contributed by atoms with E-state index in [0.29, 0.717) is 18.2 Å². The predicted octanol–water partition coefficient (Wildman–Crippen LogP) is 10.1. The largest absolute Gasteiger partial charge is 0.573 e. The number of rotatable bonds is 13. The molecule has 0 saturated heterocycles. The number of benzene rings is 3. The highest BCUT2D eigenvalue weighted by Gasteiger charge is 2.38. The third-order valence-electron chi connectivity index (χ3n) is 7.52. The van der Waals surface area contributed by atoms with Gasteiger partial charge >= 0.3 is 49.2 Å². The Bertz CT molecular complexity index is 2560. The van der Waals surface area contributed by atoms with Crippen LogP contribution in [-0.4, -0.2) is 67.4 Å². The molecule has 3 aromatic heterocycles. The van der Waals surface area contributed by atoms with Crippen LogP contribution in [0.2, 0.25) is 0 Å². The summed E-state index contributed by atoms with van der Waals surface area (Å²) in [5.74, 6) is -4.37. The van der Waals surface area contributed by atoms with Crippen LogP contribution in [0.25, 0.3) is 0 Å². The maximum Gasteiger partial charge on any atom is 0.573 e. The van der Waals surface area contributed by atoms with Gasteiger partial charge in [-0.3, -0.25) is 30.3 Å². The molecule has 0 radical (unpaired) electrons. The Kier molecular flexibility index (Phi) is 17.4.